The Morgan fingerprint density at radius 1 is 1.26 bits per heavy atom. The summed E-state index contributed by atoms with van der Waals surface area (Å²) in [6.45, 7) is 1.92. The Hall–Kier alpha value is -2.61. The van der Waals surface area contributed by atoms with E-state index in [-0.39, 0.29) is 18.0 Å². The monoisotopic (exact) mass is 388 g/mol. The highest BCUT2D eigenvalue weighted by Crippen LogP contribution is 2.30. The number of carbonyl (C=O) groups excluding carboxylic acids is 2. The third-order valence-electron chi connectivity index (χ3n) is 4.51. The normalized spacial score (nSPS) is 14.0. The van der Waals surface area contributed by atoms with E-state index in [4.69, 9.17) is 4.74 Å². The molecule has 144 valence electrons. The Bertz CT molecular complexity index is 826. The molecule has 0 saturated carbocycles. The summed E-state index contributed by atoms with van der Waals surface area (Å²) in [7, 11) is 3.04. The Morgan fingerprint density at radius 3 is 2.74 bits per heavy atom. The zero-order chi connectivity index (χ0) is 19.4. The molecular formula is C19H24N4O3S. The Morgan fingerprint density at radius 2 is 2.04 bits per heavy atom. The molecule has 1 aliphatic carbocycles. The molecule has 0 radical (unpaired) electrons. The van der Waals surface area contributed by atoms with Crippen LogP contribution in [0.25, 0.3) is 0 Å². The number of rotatable bonds is 5. The molecule has 3 N–H and O–H groups in total. The molecule has 1 aliphatic rings. The quantitative estimate of drug-likeness (QED) is 0.733. The Kier molecular flexibility index (Phi) is 5.95. The van der Waals surface area contributed by atoms with Crippen molar-refractivity contribution in [2.24, 2.45) is 0 Å². The van der Waals surface area contributed by atoms with Crippen LogP contribution in [0, 0.1) is 0 Å². The second-order valence-corrected chi connectivity index (χ2v) is 7.56. The summed E-state index contributed by atoms with van der Waals surface area (Å²) >= 11 is 1.68. The van der Waals surface area contributed by atoms with Crippen LogP contribution in [0.15, 0.2) is 18.2 Å². The molecule has 1 atom stereocenters. The average molecular weight is 388 g/mol. The third-order valence-corrected chi connectivity index (χ3v) is 5.85. The number of fused-ring (bicyclic) bond motifs is 1. The molecule has 0 fully saturated rings. The molecule has 0 unspecified atom stereocenters. The number of carbonyl (C=O) groups is 2. The lowest BCUT2D eigenvalue weighted by Crippen LogP contribution is -2.31. The molecule has 7 nitrogen and oxygen atoms in total. The van der Waals surface area contributed by atoms with E-state index in [1.807, 2.05) is 6.92 Å². The molecule has 0 aliphatic heterocycles. The first-order valence-electron chi connectivity index (χ1n) is 8.98. The van der Waals surface area contributed by atoms with Crippen LogP contribution >= 0.6 is 11.3 Å². The largest absolute Gasteiger partial charge is 0.496 e. The van der Waals surface area contributed by atoms with Crippen LogP contribution < -0.4 is 20.7 Å². The average Bonchev–Trinajstić information content (AvgIpc) is 3.11. The van der Waals surface area contributed by atoms with Crippen LogP contribution in [-0.2, 0) is 12.8 Å². The highest BCUT2D eigenvalue weighted by molar-refractivity contribution is 7.11. The van der Waals surface area contributed by atoms with Crippen molar-refractivity contribution in [1.82, 2.24) is 15.6 Å². The van der Waals surface area contributed by atoms with Gasteiger partial charge >= 0.3 is 6.03 Å². The van der Waals surface area contributed by atoms with E-state index in [1.54, 1.807) is 36.6 Å². The van der Waals surface area contributed by atoms with Gasteiger partial charge in [0, 0.05) is 17.6 Å². The van der Waals surface area contributed by atoms with Gasteiger partial charge in [-0.1, -0.05) is 0 Å². The van der Waals surface area contributed by atoms with Gasteiger partial charge in [0.1, 0.15) is 10.8 Å². The van der Waals surface area contributed by atoms with Gasteiger partial charge in [-0.2, -0.15) is 0 Å². The topological polar surface area (TPSA) is 92.4 Å². The second-order valence-electron chi connectivity index (χ2n) is 6.44. The van der Waals surface area contributed by atoms with Crippen molar-refractivity contribution < 1.29 is 14.3 Å². The number of anilines is 1. The maximum absolute atomic E-state index is 12.4. The highest BCUT2D eigenvalue weighted by Gasteiger charge is 2.20. The molecule has 0 saturated heterocycles. The molecule has 3 rings (SSSR count). The second kappa shape index (κ2) is 8.39. The van der Waals surface area contributed by atoms with E-state index >= 15 is 0 Å². The standard InChI is InChI=1S/C19H24N4O3S/c1-11(18-23-14-6-4-5-7-16(14)27-18)21-19(25)22-12-8-9-15(26-3)13(10-12)17(24)20-2/h8-11H,4-7H2,1-3H3,(H,20,24)(H2,21,22,25)/t11-/m1/s1. The van der Waals surface area contributed by atoms with Crippen molar-refractivity contribution in [1.29, 1.82) is 0 Å². The van der Waals surface area contributed by atoms with Gasteiger partial charge in [-0.05, 0) is 50.8 Å². The summed E-state index contributed by atoms with van der Waals surface area (Å²) in [5.41, 5.74) is 2.05. The zero-order valence-electron chi connectivity index (χ0n) is 15.7. The van der Waals surface area contributed by atoms with Crippen molar-refractivity contribution in [2.45, 2.75) is 38.6 Å². The van der Waals surface area contributed by atoms with Gasteiger partial charge in [0.05, 0.1) is 24.4 Å². The molecule has 2 aromatic rings. The van der Waals surface area contributed by atoms with Crippen molar-refractivity contribution in [3.63, 3.8) is 0 Å². The predicted octanol–water partition coefficient (Wildman–Crippen LogP) is 3.27. The number of aromatic nitrogens is 1. The lowest BCUT2D eigenvalue weighted by Gasteiger charge is -2.14. The maximum Gasteiger partial charge on any atom is 0.319 e. The number of aryl methyl sites for hydroxylation is 2. The summed E-state index contributed by atoms with van der Waals surface area (Å²) in [6.07, 6.45) is 4.50. The first-order chi connectivity index (χ1) is 13.0. The van der Waals surface area contributed by atoms with Gasteiger partial charge in [0.25, 0.3) is 5.91 Å². The number of hydrogen-bond donors (Lipinski definition) is 3. The first kappa shape index (κ1) is 19.2. The lowest BCUT2D eigenvalue weighted by atomic mass is 10.0. The van der Waals surface area contributed by atoms with E-state index in [0.29, 0.717) is 17.0 Å². The van der Waals surface area contributed by atoms with Crippen LogP contribution in [0.3, 0.4) is 0 Å². The Balaban J connectivity index is 1.66. The molecule has 0 bridgehead atoms. The Labute approximate surface area is 162 Å². The van der Waals surface area contributed by atoms with Gasteiger partial charge in [-0.15, -0.1) is 11.3 Å². The van der Waals surface area contributed by atoms with Gasteiger partial charge in [-0.25, -0.2) is 9.78 Å². The number of nitrogens with zero attached hydrogens (tertiary/aromatic N) is 1. The number of amides is 3. The minimum absolute atomic E-state index is 0.183. The van der Waals surface area contributed by atoms with E-state index in [2.05, 4.69) is 20.9 Å². The molecule has 27 heavy (non-hydrogen) atoms. The fraction of sp³-hybridized carbons (Fsp3) is 0.421. The number of benzene rings is 1. The van der Waals surface area contributed by atoms with Crippen molar-refractivity contribution >= 4 is 29.0 Å². The molecule has 8 heteroatoms. The first-order valence-corrected chi connectivity index (χ1v) is 9.79. The summed E-state index contributed by atoms with van der Waals surface area (Å²) in [4.78, 5) is 30.4. The molecule has 1 aromatic heterocycles. The molecule has 1 heterocycles. The molecule has 3 amide bonds. The fourth-order valence-corrected chi connectivity index (χ4v) is 4.24. The maximum atomic E-state index is 12.4. The molecular weight excluding hydrogens is 364 g/mol. The van der Waals surface area contributed by atoms with Crippen LogP contribution in [0.1, 0.15) is 51.7 Å². The number of ether oxygens (including phenoxy) is 1. The molecule has 1 aromatic carbocycles. The van der Waals surface area contributed by atoms with Crippen LogP contribution in [0.4, 0.5) is 10.5 Å². The number of methoxy groups -OCH3 is 1. The van der Waals surface area contributed by atoms with Gasteiger partial charge in [0.2, 0.25) is 0 Å². The number of urea groups is 1. The van der Waals surface area contributed by atoms with Crippen molar-refractivity contribution in [3.8, 4) is 5.75 Å². The minimum atomic E-state index is -0.344. The third kappa shape index (κ3) is 4.39. The minimum Gasteiger partial charge on any atom is -0.496 e. The summed E-state index contributed by atoms with van der Waals surface area (Å²) in [5.74, 6) is 0.166. The summed E-state index contributed by atoms with van der Waals surface area (Å²) in [6, 6.07) is 4.40. The van der Waals surface area contributed by atoms with Crippen LogP contribution in [0.5, 0.6) is 5.75 Å². The van der Waals surface area contributed by atoms with E-state index in [0.717, 1.165) is 17.8 Å². The highest BCUT2D eigenvalue weighted by atomic mass is 32.1. The smallest absolute Gasteiger partial charge is 0.319 e. The predicted molar refractivity (Wildman–Crippen MR) is 106 cm³/mol. The number of thiazole rings is 1. The van der Waals surface area contributed by atoms with Gasteiger partial charge in [-0.3, -0.25) is 4.79 Å². The number of nitrogens with one attached hydrogen (secondary N) is 3. The van der Waals surface area contributed by atoms with Crippen LogP contribution in [-0.4, -0.2) is 31.1 Å². The fourth-order valence-electron chi connectivity index (χ4n) is 3.08. The van der Waals surface area contributed by atoms with E-state index in [1.165, 1.54) is 30.5 Å². The van der Waals surface area contributed by atoms with Crippen molar-refractivity contribution in [3.05, 3.63) is 39.3 Å². The van der Waals surface area contributed by atoms with Crippen LogP contribution in [0.2, 0.25) is 0 Å². The van der Waals surface area contributed by atoms with E-state index in [9.17, 15) is 9.59 Å². The number of hydrogen-bond acceptors (Lipinski definition) is 5. The lowest BCUT2D eigenvalue weighted by molar-refractivity contribution is 0.0960. The summed E-state index contributed by atoms with van der Waals surface area (Å²) < 4.78 is 5.19. The van der Waals surface area contributed by atoms with Crippen molar-refractivity contribution in [2.75, 3.05) is 19.5 Å². The summed E-state index contributed by atoms with van der Waals surface area (Å²) in [5, 5.41) is 9.17. The van der Waals surface area contributed by atoms with Gasteiger partial charge in [0.15, 0.2) is 0 Å². The zero-order valence-corrected chi connectivity index (χ0v) is 16.5. The van der Waals surface area contributed by atoms with E-state index < -0.39 is 0 Å². The molecule has 0 spiro atoms. The SMILES string of the molecule is CNC(=O)c1cc(NC(=O)N[C@H](C)c2nc3c(s2)CCCC3)ccc1OC. The van der Waals surface area contributed by atoms with Gasteiger partial charge < -0.3 is 20.7 Å².